The molecule has 2 N–H and O–H groups in total. The Morgan fingerprint density at radius 2 is 1.74 bits per heavy atom. The molecule has 2 aromatic rings. The number of anilines is 1. The first-order valence-corrected chi connectivity index (χ1v) is 10.2. The number of thioether (sulfide) groups is 1. The van der Waals surface area contributed by atoms with Crippen molar-refractivity contribution in [1.82, 2.24) is 4.90 Å². The average molecular weight is 461 g/mol. The van der Waals surface area contributed by atoms with Gasteiger partial charge >= 0.3 is 0 Å². The number of carbonyl (C=O) groups excluding carboxylic acids is 2. The van der Waals surface area contributed by atoms with Gasteiger partial charge in [-0.05, 0) is 48.0 Å². The van der Waals surface area contributed by atoms with Gasteiger partial charge in [0.25, 0.3) is 5.91 Å². The molecular weight excluding hydrogens is 440 g/mol. The molecule has 0 atom stereocenters. The Hall–Kier alpha value is -3.24. The summed E-state index contributed by atoms with van der Waals surface area (Å²) in [4.78, 5) is 26.8. The standard InChI is InChI=1S/C21H20N2O6S2/c1-27-15-8-12(9-16(28-2)19(15)29-3)10-17-20(26)23(21(30)31-17)11-18(25)22-13-4-6-14(24)7-5-13/h4-10,24H,11H2,1-3H3,(H,22,25). The minimum atomic E-state index is -0.406. The lowest BCUT2D eigenvalue weighted by molar-refractivity contribution is -0.126. The Bertz CT molecular complexity index is 1030. The SMILES string of the molecule is COc1cc(C=C2SC(=S)N(CC(=O)Nc3ccc(O)cc3)C2=O)cc(OC)c1OC. The molecule has 8 nitrogen and oxygen atoms in total. The van der Waals surface area contributed by atoms with Crippen molar-refractivity contribution in [3.63, 3.8) is 0 Å². The van der Waals surface area contributed by atoms with Crippen LogP contribution in [-0.4, -0.2) is 54.0 Å². The van der Waals surface area contributed by atoms with Gasteiger partial charge in [-0.25, -0.2) is 0 Å². The number of aromatic hydroxyl groups is 1. The quantitative estimate of drug-likeness (QED) is 0.369. The van der Waals surface area contributed by atoms with E-state index in [0.717, 1.165) is 11.8 Å². The van der Waals surface area contributed by atoms with E-state index in [1.165, 1.54) is 38.4 Å². The van der Waals surface area contributed by atoms with E-state index in [0.29, 0.717) is 33.4 Å². The van der Waals surface area contributed by atoms with Crippen molar-refractivity contribution in [3.05, 3.63) is 46.9 Å². The molecule has 0 spiro atoms. The van der Waals surface area contributed by atoms with Gasteiger partial charge in [0.05, 0.1) is 26.2 Å². The van der Waals surface area contributed by atoms with Crippen LogP contribution in [0.4, 0.5) is 5.69 Å². The molecule has 0 aromatic heterocycles. The number of amides is 2. The van der Waals surface area contributed by atoms with E-state index in [1.54, 1.807) is 30.3 Å². The summed E-state index contributed by atoms with van der Waals surface area (Å²) >= 11 is 6.40. The number of hydrogen-bond acceptors (Lipinski definition) is 8. The Morgan fingerprint density at radius 3 is 2.29 bits per heavy atom. The lowest BCUT2D eigenvalue weighted by atomic mass is 10.1. The fraction of sp³-hybridized carbons (Fsp3) is 0.190. The highest BCUT2D eigenvalue weighted by Gasteiger charge is 2.33. The third-order valence-electron chi connectivity index (χ3n) is 4.31. The van der Waals surface area contributed by atoms with Gasteiger partial charge in [0.15, 0.2) is 11.5 Å². The topological polar surface area (TPSA) is 97.3 Å². The van der Waals surface area contributed by atoms with Gasteiger partial charge in [-0.2, -0.15) is 0 Å². The van der Waals surface area contributed by atoms with Gasteiger partial charge in [0.2, 0.25) is 11.7 Å². The minimum Gasteiger partial charge on any atom is -0.508 e. The van der Waals surface area contributed by atoms with E-state index in [1.807, 2.05) is 0 Å². The van der Waals surface area contributed by atoms with E-state index in [2.05, 4.69) is 5.32 Å². The minimum absolute atomic E-state index is 0.0897. The van der Waals surface area contributed by atoms with E-state index >= 15 is 0 Å². The maximum absolute atomic E-state index is 12.8. The molecule has 2 amide bonds. The second-order valence-corrected chi connectivity index (χ2v) is 8.00. The van der Waals surface area contributed by atoms with Crippen LogP contribution in [0, 0.1) is 0 Å². The molecule has 2 aromatic carbocycles. The predicted molar refractivity (Wildman–Crippen MR) is 123 cm³/mol. The fourth-order valence-electron chi connectivity index (χ4n) is 2.86. The number of nitrogens with zero attached hydrogens (tertiary/aromatic N) is 1. The molecule has 3 rings (SSSR count). The summed E-state index contributed by atoms with van der Waals surface area (Å²) in [5, 5.41) is 12.0. The van der Waals surface area contributed by atoms with Gasteiger partial charge in [-0.3, -0.25) is 14.5 Å². The van der Waals surface area contributed by atoms with Crippen LogP contribution in [0.2, 0.25) is 0 Å². The Morgan fingerprint density at radius 1 is 1.13 bits per heavy atom. The molecule has 0 radical (unpaired) electrons. The molecule has 1 aliphatic heterocycles. The largest absolute Gasteiger partial charge is 0.508 e. The molecule has 1 heterocycles. The molecule has 1 saturated heterocycles. The maximum Gasteiger partial charge on any atom is 0.266 e. The second-order valence-electron chi connectivity index (χ2n) is 6.32. The zero-order chi connectivity index (χ0) is 22.5. The van der Waals surface area contributed by atoms with Gasteiger partial charge in [0.1, 0.15) is 16.6 Å². The predicted octanol–water partition coefficient (Wildman–Crippen LogP) is 3.26. The number of thiocarbonyl (C=S) groups is 1. The van der Waals surface area contributed by atoms with Crippen LogP contribution >= 0.6 is 24.0 Å². The molecule has 31 heavy (non-hydrogen) atoms. The van der Waals surface area contributed by atoms with Crippen molar-refractivity contribution in [2.45, 2.75) is 0 Å². The highest BCUT2D eigenvalue weighted by atomic mass is 32.2. The van der Waals surface area contributed by atoms with E-state index in [-0.39, 0.29) is 22.5 Å². The first kappa shape index (κ1) is 22.4. The molecule has 0 saturated carbocycles. The molecule has 1 aliphatic rings. The fourth-order valence-corrected chi connectivity index (χ4v) is 4.12. The number of ether oxygens (including phenoxy) is 3. The number of phenolic OH excluding ortho intramolecular Hbond substituents is 1. The summed E-state index contributed by atoms with van der Waals surface area (Å²) in [5.74, 6) is 0.668. The lowest BCUT2D eigenvalue weighted by Crippen LogP contribution is -2.36. The van der Waals surface area contributed by atoms with Crippen LogP contribution < -0.4 is 19.5 Å². The number of carbonyl (C=O) groups is 2. The molecular formula is C21H20N2O6S2. The normalized spacial score (nSPS) is 14.7. The number of nitrogens with one attached hydrogen (secondary N) is 1. The molecule has 0 bridgehead atoms. The zero-order valence-electron chi connectivity index (χ0n) is 17.0. The van der Waals surface area contributed by atoms with Crippen LogP contribution in [0.3, 0.4) is 0 Å². The molecule has 0 unspecified atom stereocenters. The zero-order valence-corrected chi connectivity index (χ0v) is 18.6. The van der Waals surface area contributed by atoms with Gasteiger partial charge < -0.3 is 24.6 Å². The third kappa shape index (κ3) is 5.09. The second kappa shape index (κ2) is 9.71. The van der Waals surface area contributed by atoms with Gasteiger partial charge in [-0.1, -0.05) is 24.0 Å². The highest BCUT2D eigenvalue weighted by molar-refractivity contribution is 8.26. The van der Waals surface area contributed by atoms with Crippen LogP contribution in [0.15, 0.2) is 41.3 Å². The molecule has 10 heteroatoms. The number of rotatable bonds is 7. The Labute approximate surface area is 188 Å². The first-order chi connectivity index (χ1) is 14.9. The van der Waals surface area contributed by atoms with Crippen molar-refractivity contribution in [2.75, 3.05) is 33.2 Å². The smallest absolute Gasteiger partial charge is 0.266 e. The summed E-state index contributed by atoms with van der Waals surface area (Å²) in [7, 11) is 4.52. The van der Waals surface area contributed by atoms with Crippen LogP contribution in [0.25, 0.3) is 6.08 Å². The van der Waals surface area contributed by atoms with Crippen LogP contribution in [0.5, 0.6) is 23.0 Å². The van der Waals surface area contributed by atoms with E-state index in [4.69, 9.17) is 26.4 Å². The number of phenols is 1. The Kier molecular flexibility index (Phi) is 7.03. The maximum atomic E-state index is 12.8. The van der Waals surface area contributed by atoms with Crippen molar-refractivity contribution in [3.8, 4) is 23.0 Å². The van der Waals surface area contributed by atoms with Crippen molar-refractivity contribution < 1.29 is 28.9 Å². The summed E-state index contributed by atoms with van der Waals surface area (Å²) in [6, 6.07) is 9.45. The molecule has 162 valence electrons. The van der Waals surface area contributed by atoms with E-state index in [9.17, 15) is 14.7 Å². The molecule has 1 fully saturated rings. The monoisotopic (exact) mass is 460 g/mol. The van der Waals surface area contributed by atoms with E-state index < -0.39 is 5.91 Å². The number of benzene rings is 2. The Balaban J connectivity index is 1.77. The van der Waals surface area contributed by atoms with Gasteiger partial charge in [-0.15, -0.1) is 0 Å². The van der Waals surface area contributed by atoms with Crippen molar-refractivity contribution >= 4 is 51.9 Å². The average Bonchev–Trinajstić information content (AvgIpc) is 3.01. The summed E-state index contributed by atoms with van der Waals surface area (Å²) in [5.41, 5.74) is 1.16. The lowest BCUT2D eigenvalue weighted by Gasteiger charge is -2.14. The van der Waals surface area contributed by atoms with Crippen LogP contribution in [-0.2, 0) is 9.59 Å². The first-order valence-electron chi connectivity index (χ1n) is 9.00. The molecule has 0 aliphatic carbocycles. The summed E-state index contributed by atoms with van der Waals surface area (Å²) in [6.45, 7) is -0.224. The van der Waals surface area contributed by atoms with Crippen molar-refractivity contribution in [1.29, 1.82) is 0 Å². The van der Waals surface area contributed by atoms with Crippen LogP contribution in [0.1, 0.15) is 5.56 Å². The number of hydrogen-bond donors (Lipinski definition) is 2. The summed E-state index contributed by atoms with van der Waals surface area (Å²) in [6.07, 6.45) is 1.65. The third-order valence-corrected chi connectivity index (χ3v) is 5.69. The number of methoxy groups -OCH3 is 3. The van der Waals surface area contributed by atoms with Crippen molar-refractivity contribution in [2.24, 2.45) is 0 Å². The summed E-state index contributed by atoms with van der Waals surface area (Å²) < 4.78 is 16.3. The van der Waals surface area contributed by atoms with Gasteiger partial charge in [0, 0.05) is 5.69 Å². The highest BCUT2D eigenvalue weighted by Crippen LogP contribution is 2.40.